The molecule has 1 unspecified atom stereocenters. The van der Waals surface area contributed by atoms with E-state index in [0.717, 1.165) is 6.54 Å². The molecule has 1 rings (SSSR count). The molecule has 0 radical (unpaired) electrons. The van der Waals surface area contributed by atoms with Gasteiger partial charge in [0.1, 0.15) is 0 Å². The summed E-state index contributed by atoms with van der Waals surface area (Å²) in [5, 5.41) is 4.76. The minimum Gasteiger partial charge on any atom is -0.309 e. The maximum Gasteiger partial charge on any atom is 0.0953 e. The van der Waals surface area contributed by atoms with Crippen LogP contribution in [0.5, 0.6) is 0 Å². The van der Waals surface area contributed by atoms with E-state index in [9.17, 15) is 0 Å². The van der Waals surface area contributed by atoms with Gasteiger partial charge in [-0.15, -0.1) is 11.3 Å². The van der Waals surface area contributed by atoms with Crippen molar-refractivity contribution in [1.82, 2.24) is 10.3 Å². The van der Waals surface area contributed by atoms with Gasteiger partial charge in [0.05, 0.1) is 5.01 Å². The first-order valence-corrected chi connectivity index (χ1v) is 6.50. The molecule has 0 aliphatic heterocycles. The lowest BCUT2D eigenvalue weighted by atomic mass is 10.1. The zero-order valence-corrected chi connectivity index (χ0v) is 11.2. The molecule has 1 aromatic heterocycles. The van der Waals surface area contributed by atoms with Crippen molar-refractivity contribution in [1.29, 1.82) is 0 Å². The van der Waals surface area contributed by atoms with Crippen LogP contribution in [0.15, 0.2) is 6.20 Å². The minimum absolute atomic E-state index is 0.547. The van der Waals surface area contributed by atoms with Gasteiger partial charge < -0.3 is 5.32 Å². The minimum atomic E-state index is 0.547. The smallest absolute Gasteiger partial charge is 0.0953 e. The van der Waals surface area contributed by atoms with Crippen LogP contribution in [-0.4, -0.2) is 11.0 Å². The molecule has 1 N–H and O–H groups in total. The summed E-state index contributed by atoms with van der Waals surface area (Å²) in [6.45, 7) is 12.0. The molecule has 0 aromatic carbocycles. The van der Waals surface area contributed by atoms with Gasteiger partial charge in [-0.3, -0.25) is 0 Å². The molecule has 0 amide bonds. The molecule has 15 heavy (non-hydrogen) atoms. The van der Waals surface area contributed by atoms with Crippen molar-refractivity contribution >= 4 is 11.3 Å². The first kappa shape index (κ1) is 12.7. The summed E-state index contributed by atoms with van der Waals surface area (Å²) >= 11 is 1.82. The molecule has 0 saturated carbocycles. The Morgan fingerprint density at radius 3 is 2.40 bits per heavy atom. The van der Waals surface area contributed by atoms with Crippen LogP contribution in [0.1, 0.15) is 50.4 Å². The van der Waals surface area contributed by atoms with E-state index in [1.165, 1.54) is 9.88 Å². The molecular formula is C12H22N2S. The summed E-state index contributed by atoms with van der Waals surface area (Å²) in [5.41, 5.74) is 0. The molecule has 86 valence electrons. The lowest BCUT2D eigenvalue weighted by Crippen LogP contribution is -2.29. The number of hydrogen-bond acceptors (Lipinski definition) is 3. The number of nitrogens with one attached hydrogen (secondary N) is 1. The van der Waals surface area contributed by atoms with Gasteiger partial charge in [-0.25, -0.2) is 4.98 Å². The molecular weight excluding hydrogens is 204 g/mol. The van der Waals surface area contributed by atoms with Gasteiger partial charge in [-0.2, -0.15) is 0 Å². The van der Waals surface area contributed by atoms with Crippen molar-refractivity contribution in [3.05, 3.63) is 16.1 Å². The molecule has 1 atom stereocenters. The van der Waals surface area contributed by atoms with E-state index in [1.807, 2.05) is 17.5 Å². The number of rotatable bonds is 5. The Bertz CT molecular complexity index is 292. The molecule has 3 heteroatoms. The van der Waals surface area contributed by atoms with Crippen LogP contribution in [0, 0.1) is 5.92 Å². The van der Waals surface area contributed by atoms with Crippen LogP contribution in [-0.2, 0) is 6.54 Å². The van der Waals surface area contributed by atoms with E-state index in [1.54, 1.807) is 0 Å². The van der Waals surface area contributed by atoms with E-state index in [2.05, 4.69) is 44.9 Å². The van der Waals surface area contributed by atoms with Crippen LogP contribution >= 0.6 is 11.3 Å². The Balaban J connectivity index is 2.44. The summed E-state index contributed by atoms with van der Waals surface area (Å²) in [5.74, 6) is 1.23. The predicted octanol–water partition coefficient (Wildman–Crippen LogP) is 3.40. The van der Waals surface area contributed by atoms with E-state index in [4.69, 9.17) is 0 Å². The van der Waals surface area contributed by atoms with Gasteiger partial charge in [-0.1, -0.05) is 27.7 Å². The summed E-state index contributed by atoms with van der Waals surface area (Å²) in [6, 6.07) is 0.564. The van der Waals surface area contributed by atoms with Gasteiger partial charge in [0.25, 0.3) is 0 Å². The maximum absolute atomic E-state index is 4.42. The number of nitrogens with zero attached hydrogens (tertiary/aromatic N) is 1. The predicted molar refractivity (Wildman–Crippen MR) is 67.3 cm³/mol. The summed E-state index contributed by atoms with van der Waals surface area (Å²) in [7, 11) is 0. The molecule has 0 saturated heterocycles. The molecule has 0 bridgehead atoms. The molecule has 0 aliphatic carbocycles. The fourth-order valence-electron chi connectivity index (χ4n) is 1.17. The van der Waals surface area contributed by atoms with Crippen LogP contribution in [0.3, 0.4) is 0 Å². The Morgan fingerprint density at radius 1 is 1.27 bits per heavy atom. The molecule has 2 nitrogen and oxygen atoms in total. The average Bonchev–Trinajstić information content (AvgIpc) is 2.62. The Kier molecular flexibility index (Phi) is 4.74. The first-order valence-electron chi connectivity index (χ1n) is 5.68. The summed E-state index contributed by atoms with van der Waals surface area (Å²) in [4.78, 5) is 5.76. The van der Waals surface area contributed by atoms with Crippen molar-refractivity contribution in [3.8, 4) is 0 Å². The normalized spacial score (nSPS) is 13.8. The Hall–Kier alpha value is -0.410. The van der Waals surface area contributed by atoms with E-state index in [-0.39, 0.29) is 0 Å². The van der Waals surface area contributed by atoms with E-state index in [0.29, 0.717) is 17.9 Å². The topological polar surface area (TPSA) is 24.9 Å². The standard InChI is InChI=1S/C12H22N2S/c1-8(2)10(5)13-6-11-7-14-12(15-11)9(3)4/h7-10,13H,6H2,1-5H3. The second-order valence-corrected chi connectivity index (χ2v) is 5.88. The van der Waals surface area contributed by atoms with Crippen molar-refractivity contribution in [3.63, 3.8) is 0 Å². The van der Waals surface area contributed by atoms with Crippen molar-refractivity contribution in [2.24, 2.45) is 5.92 Å². The average molecular weight is 226 g/mol. The van der Waals surface area contributed by atoms with Crippen molar-refractivity contribution < 1.29 is 0 Å². The summed E-state index contributed by atoms with van der Waals surface area (Å²) < 4.78 is 0. The van der Waals surface area contributed by atoms with Gasteiger partial charge in [0, 0.05) is 29.6 Å². The number of thiazole rings is 1. The lowest BCUT2D eigenvalue weighted by Gasteiger charge is -2.16. The monoisotopic (exact) mass is 226 g/mol. The molecule has 0 spiro atoms. The second kappa shape index (κ2) is 5.61. The van der Waals surface area contributed by atoms with Gasteiger partial charge in [-0.05, 0) is 12.8 Å². The van der Waals surface area contributed by atoms with Gasteiger partial charge in [0.15, 0.2) is 0 Å². The fraction of sp³-hybridized carbons (Fsp3) is 0.750. The number of hydrogen-bond donors (Lipinski definition) is 1. The maximum atomic E-state index is 4.42. The Morgan fingerprint density at radius 2 is 1.93 bits per heavy atom. The van der Waals surface area contributed by atoms with Crippen LogP contribution in [0.4, 0.5) is 0 Å². The third-order valence-corrected chi connectivity index (χ3v) is 3.96. The molecule has 1 heterocycles. The third-order valence-electron chi connectivity index (χ3n) is 2.66. The van der Waals surface area contributed by atoms with Crippen LogP contribution < -0.4 is 5.32 Å². The zero-order valence-electron chi connectivity index (χ0n) is 10.4. The third kappa shape index (κ3) is 3.92. The van der Waals surface area contributed by atoms with Crippen molar-refractivity contribution in [2.45, 2.75) is 53.1 Å². The highest BCUT2D eigenvalue weighted by Gasteiger charge is 2.08. The van der Waals surface area contributed by atoms with Crippen LogP contribution in [0.25, 0.3) is 0 Å². The highest BCUT2D eigenvalue weighted by atomic mass is 32.1. The summed E-state index contributed by atoms with van der Waals surface area (Å²) in [6.07, 6.45) is 2.00. The SMILES string of the molecule is CC(C)c1ncc(CNC(C)C(C)C)s1. The molecule has 1 aromatic rings. The highest BCUT2D eigenvalue weighted by molar-refractivity contribution is 7.11. The Labute approximate surface area is 97.1 Å². The zero-order chi connectivity index (χ0) is 11.4. The van der Waals surface area contributed by atoms with Gasteiger partial charge >= 0.3 is 0 Å². The van der Waals surface area contributed by atoms with Gasteiger partial charge in [0.2, 0.25) is 0 Å². The number of aromatic nitrogens is 1. The second-order valence-electron chi connectivity index (χ2n) is 4.73. The quantitative estimate of drug-likeness (QED) is 0.832. The van der Waals surface area contributed by atoms with E-state index < -0.39 is 0 Å². The first-order chi connectivity index (χ1) is 7.00. The van der Waals surface area contributed by atoms with E-state index >= 15 is 0 Å². The van der Waals surface area contributed by atoms with Crippen LogP contribution in [0.2, 0.25) is 0 Å². The largest absolute Gasteiger partial charge is 0.309 e. The molecule has 0 aliphatic rings. The van der Waals surface area contributed by atoms with Crippen molar-refractivity contribution in [2.75, 3.05) is 0 Å². The highest BCUT2D eigenvalue weighted by Crippen LogP contribution is 2.21. The fourth-order valence-corrected chi connectivity index (χ4v) is 2.04. The lowest BCUT2D eigenvalue weighted by molar-refractivity contribution is 0.427. The molecule has 0 fully saturated rings.